The van der Waals surface area contributed by atoms with Gasteiger partial charge in [0.25, 0.3) is 9.05 Å². The predicted octanol–water partition coefficient (Wildman–Crippen LogP) is 12.6. The first kappa shape index (κ1) is 77.5. The first-order valence-corrected chi connectivity index (χ1v) is 38.4. The van der Waals surface area contributed by atoms with Crippen LogP contribution in [0.1, 0.15) is 59.7 Å². The monoisotopic (exact) mass is 1470 g/mol. The van der Waals surface area contributed by atoms with Gasteiger partial charge in [-0.2, -0.15) is 0 Å². The van der Waals surface area contributed by atoms with Crippen molar-refractivity contribution in [2.75, 3.05) is 74.0 Å². The molecule has 0 radical (unpaired) electrons. The number of benzene rings is 8. The topological polar surface area (TPSA) is 266 Å². The van der Waals surface area contributed by atoms with E-state index in [0.717, 1.165) is 114 Å². The van der Waals surface area contributed by atoms with Crippen molar-refractivity contribution >= 4 is 63.9 Å². The van der Waals surface area contributed by atoms with Crippen LogP contribution >= 0.6 is 10.7 Å². The molecule has 0 amide bonds. The Morgan fingerprint density at radius 2 is 0.864 bits per heavy atom. The van der Waals surface area contributed by atoms with E-state index in [1.807, 2.05) is 84.6 Å². The lowest BCUT2D eigenvalue weighted by molar-refractivity contribution is -0.274. The van der Waals surface area contributed by atoms with Crippen molar-refractivity contribution in [1.82, 2.24) is 9.62 Å². The lowest BCUT2D eigenvalue weighted by Gasteiger charge is -2.43. The number of para-hydroxylation sites is 6. The van der Waals surface area contributed by atoms with Gasteiger partial charge in [-0.25, -0.2) is 21.6 Å². The summed E-state index contributed by atoms with van der Waals surface area (Å²) in [4.78, 5) is 11.5. The zero-order valence-electron chi connectivity index (χ0n) is 57.9. The standard InChI is InChI=1S/C26H25F3N2O5S.C19H20N4O2.C19H22N2O2.C7H7ClO2S.C6H15N/c27-26(28,29)36-19-11-13-20(14-12-19)37(33,34)30-21-15-35-16-24(25(21)32)31-22-7-3-1-5-17(22)9-10-18-6-2-4-8-23(18)31;20-22-21-15-11-25-12-18(19(15)24)23-16-7-3-1-5-13(16)9-10-14-6-2-4-8-17(14)23;20-15-11-23-12-18(19(15)22)21-16-7-3-1-5-13(16)9-10-14-6-2-4-8-17(14)21;1-6-2-4-7(5-3-6)11(8,9)10;1-4-7(5-2)6-3/h1-8,11-14,21,24-25,30,32H,9-10,15-16H2;1-8,15,18-19,24H,9-12H2;1-8,15,18-19,22H,9-12,20H2;2-5H,1H3;4-6H2,1-3H3/t21-,24?,25+;2*15-,18?,19+;;/m111../s1. The second-order valence-corrected chi connectivity index (χ2v) is 30.0. The Kier molecular flexibility index (Phi) is 26.8. The van der Waals surface area contributed by atoms with Gasteiger partial charge in [0.15, 0.2) is 0 Å². The Hall–Kier alpha value is -8.11. The molecule has 0 aromatic heterocycles. The number of ether oxygens (including phenoxy) is 4. The van der Waals surface area contributed by atoms with Crippen LogP contribution in [-0.4, -0.2) is 157 Å². The van der Waals surface area contributed by atoms with Crippen LogP contribution in [0.3, 0.4) is 0 Å². The van der Waals surface area contributed by atoms with E-state index in [1.165, 1.54) is 54.0 Å². The number of nitrogens with one attached hydrogen (secondary N) is 1. The number of alkyl halides is 3. The molecule has 0 bridgehead atoms. The SMILES string of the molecule is CCN(CC)CC.Cc1ccc(S(=O)(=O)Cl)cc1.N[C@@H]1COCC(N2c3ccccc3CCc3ccccc32)[C@H]1O.O=S(=O)(N[C@@H]1COCC(N2c3ccccc3CCc3ccccc32)[C@H]1O)c1ccc(OC(F)(F)F)cc1.[N-]=[N+]=N[C@@H]1COCC(N2c3ccccc3CCc3ccccc32)[C@H]1O. The van der Waals surface area contributed by atoms with Crippen molar-refractivity contribution in [2.45, 2.75) is 137 Å². The first-order chi connectivity index (χ1) is 49.5. The maximum absolute atomic E-state index is 13.0. The van der Waals surface area contributed by atoms with Crippen LogP contribution in [0.15, 0.2) is 209 Å². The molecule has 6 aliphatic heterocycles. The molecule has 20 nitrogen and oxygen atoms in total. The molecule has 14 rings (SSSR count). The average Bonchev–Trinajstić information content (AvgIpc) is 1.72. The number of hydrogen-bond acceptors (Lipinski definition) is 17. The van der Waals surface area contributed by atoms with Gasteiger partial charge in [0.05, 0.1) is 104 Å². The number of hydrogen-bond donors (Lipinski definition) is 5. The normalized spacial score (nSPS) is 22.0. The fourth-order valence-electron chi connectivity index (χ4n) is 13.8. The summed E-state index contributed by atoms with van der Waals surface area (Å²) in [5.41, 5.74) is 29.5. The van der Waals surface area contributed by atoms with E-state index >= 15 is 0 Å². The third-order valence-electron chi connectivity index (χ3n) is 19.2. The van der Waals surface area contributed by atoms with E-state index < -0.39 is 67.6 Å². The van der Waals surface area contributed by atoms with Crippen molar-refractivity contribution in [1.29, 1.82) is 0 Å². The van der Waals surface area contributed by atoms with Crippen LogP contribution in [0.2, 0.25) is 0 Å². The Bertz CT molecular complexity index is 4240. The number of azide groups is 1. The molecular formula is C77H89ClF3N9O11S2. The van der Waals surface area contributed by atoms with Crippen LogP contribution < -0.4 is 29.9 Å². The molecule has 3 saturated heterocycles. The number of rotatable bonds is 12. The fraction of sp³-hybridized carbons (Fsp3) is 0.377. The summed E-state index contributed by atoms with van der Waals surface area (Å²) in [5, 5.41) is 36.7. The molecule has 548 valence electrons. The Morgan fingerprint density at radius 3 is 1.21 bits per heavy atom. The molecule has 6 heterocycles. The Morgan fingerprint density at radius 1 is 0.524 bits per heavy atom. The zero-order valence-corrected chi connectivity index (χ0v) is 60.3. The smallest absolute Gasteiger partial charge is 0.406 e. The van der Waals surface area contributed by atoms with Gasteiger partial charge in [-0.3, -0.25) is 0 Å². The van der Waals surface area contributed by atoms with Crippen LogP contribution in [0.4, 0.5) is 47.3 Å². The molecule has 9 atom stereocenters. The number of nitrogens with zero attached hydrogens (tertiary/aromatic N) is 7. The van der Waals surface area contributed by atoms with E-state index in [1.54, 1.807) is 12.1 Å². The van der Waals surface area contributed by atoms with E-state index in [-0.39, 0.29) is 47.7 Å². The quantitative estimate of drug-likeness (QED) is 0.0329. The molecule has 0 spiro atoms. The second-order valence-electron chi connectivity index (χ2n) is 25.7. The molecule has 8 aromatic carbocycles. The van der Waals surface area contributed by atoms with Gasteiger partial charge in [0.2, 0.25) is 10.0 Å². The summed E-state index contributed by atoms with van der Waals surface area (Å²) in [6, 6.07) is 56.5. The summed E-state index contributed by atoms with van der Waals surface area (Å²) in [6.45, 7) is 13.6. The van der Waals surface area contributed by atoms with Crippen molar-refractivity contribution in [3.8, 4) is 5.75 Å². The average molecular weight is 1470 g/mol. The molecule has 0 aliphatic carbocycles. The number of aryl methyl sites for hydroxylation is 7. The molecule has 26 heteroatoms. The lowest BCUT2D eigenvalue weighted by atomic mass is 9.98. The first-order valence-electron chi connectivity index (χ1n) is 34.6. The maximum Gasteiger partial charge on any atom is 0.573 e. The summed E-state index contributed by atoms with van der Waals surface area (Å²) in [5.74, 6) is -0.536. The number of sulfonamides is 1. The van der Waals surface area contributed by atoms with E-state index in [4.69, 9.17) is 36.2 Å². The van der Waals surface area contributed by atoms with Crippen molar-refractivity contribution < 1.29 is 64.3 Å². The van der Waals surface area contributed by atoms with Gasteiger partial charge in [-0.15, -0.1) is 13.2 Å². The van der Waals surface area contributed by atoms with Gasteiger partial charge in [-0.05, 0) is 177 Å². The number of halogens is 4. The number of aliphatic hydroxyl groups excluding tert-OH is 3. The molecule has 0 saturated carbocycles. The molecular weight excluding hydrogens is 1380 g/mol. The van der Waals surface area contributed by atoms with Crippen LogP contribution in [0, 0.1) is 6.92 Å². The molecule has 3 unspecified atom stereocenters. The number of nitrogens with two attached hydrogens (primary N) is 1. The van der Waals surface area contributed by atoms with Crippen molar-refractivity contribution in [3.05, 3.63) is 244 Å². The zero-order chi connectivity index (χ0) is 73.4. The minimum atomic E-state index is -4.89. The molecule has 6 aliphatic rings. The molecule has 8 aromatic rings. The van der Waals surface area contributed by atoms with Gasteiger partial charge in [-0.1, -0.05) is 153 Å². The summed E-state index contributed by atoms with van der Waals surface area (Å²) in [7, 11) is -2.65. The molecule has 103 heavy (non-hydrogen) atoms. The minimum Gasteiger partial charge on any atom is -0.406 e. The Balaban J connectivity index is 0.000000151. The Labute approximate surface area is 605 Å². The van der Waals surface area contributed by atoms with E-state index in [9.17, 15) is 45.3 Å². The van der Waals surface area contributed by atoms with Gasteiger partial charge < -0.3 is 59.6 Å². The van der Waals surface area contributed by atoms with Gasteiger partial charge in [0.1, 0.15) is 5.75 Å². The van der Waals surface area contributed by atoms with Crippen LogP contribution in [0.5, 0.6) is 5.75 Å². The number of fused-ring (bicyclic) bond motifs is 6. The third kappa shape index (κ3) is 19.5. The highest BCUT2D eigenvalue weighted by molar-refractivity contribution is 8.13. The number of anilines is 6. The predicted molar refractivity (Wildman–Crippen MR) is 395 cm³/mol. The maximum atomic E-state index is 13.0. The van der Waals surface area contributed by atoms with Crippen molar-refractivity contribution in [2.24, 2.45) is 10.8 Å². The highest BCUT2D eigenvalue weighted by Gasteiger charge is 2.43. The minimum absolute atomic E-state index is 0.0662. The van der Waals surface area contributed by atoms with E-state index in [0.29, 0.717) is 19.8 Å². The van der Waals surface area contributed by atoms with Crippen molar-refractivity contribution in [3.63, 3.8) is 0 Å². The van der Waals surface area contributed by atoms with Gasteiger partial charge in [0, 0.05) is 49.7 Å². The highest BCUT2D eigenvalue weighted by atomic mass is 35.7. The molecule has 3 fully saturated rings. The summed E-state index contributed by atoms with van der Waals surface area (Å²) in [6.07, 6.45) is -1.89. The largest absolute Gasteiger partial charge is 0.573 e. The summed E-state index contributed by atoms with van der Waals surface area (Å²) >= 11 is 0. The number of aliphatic hydroxyl groups is 3. The fourth-order valence-corrected chi connectivity index (χ4v) is 15.8. The van der Waals surface area contributed by atoms with Crippen LogP contribution in [-0.2, 0) is 71.8 Å². The lowest BCUT2D eigenvalue weighted by Crippen LogP contribution is -2.60. The van der Waals surface area contributed by atoms with Gasteiger partial charge >= 0.3 is 6.36 Å². The van der Waals surface area contributed by atoms with Crippen LogP contribution in [0.25, 0.3) is 10.4 Å². The van der Waals surface area contributed by atoms with E-state index in [2.05, 4.69) is 128 Å². The summed E-state index contributed by atoms with van der Waals surface area (Å²) < 4.78 is 108. The third-order valence-corrected chi connectivity index (χ3v) is 22.1. The second kappa shape index (κ2) is 35.6. The molecule has 6 N–H and O–H groups in total. The highest BCUT2D eigenvalue weighted by Crippen LogP contribution is 2.43.